The first-order chi connectivity index (χ1) is 6.83. The third-order valence-electron chi connectivity index (χ3n) is 2.14. The topological polar surface area (TPSA) is 64.8 Å². The first-order valence-corrected chi connectivity index (χ1v) is 4.72. The van der Waals surface area contributed by atoms with E-state index in [0.717, 1.165) is 0 Å². The molecule has 0 unspecified atom stereocenters. The van der Waals surface area contributed by atoms with Crippen LogP contribution in [0.5, 0.6) is 0 Å². The lowest BCUT2D eigenvalue weighted by Crippen LogP contribution is -2.45. The van der Waals surface area contributed by atoms with Gasteiger partial charge in [0.15, 0.2) is 6.29 Å². The summed E-state index contributed by atoms with van der Waals surface area (Å²) in [6.07, 6.45) is -0.349. The standard InChI is InChI=1S/C9H20N2O4/c1-9(2,11(12)13)7-10(3)6-8(14-4)15-5/h8H,6-7H2,1-5H3. The van der Waals surface area contributed by atoms with E-state index in [-0.39, 0.29) is 11.2 Å². The number of likely N-dealkylation sites (N-methyl/N-ethyl adjacent to an activating group) is 1. The van der Waals surface area contributed by atoms with Crippen molar-refractivity contribution in [2.75, 3.05) is 34.4 Å². The minimum atomic E-state index is -0.958. The molecule has 0 spiro atoms. The highest BCUT2D eigenvalue weighted by molar-refractivity contribution is 4.71. The van der Waals surface area contributed by atoms with Crippen LogP contribution in [-0.2, 0) is 9.47 Å². The Morgan fingerprint density at radius 2 is 1.87 bits per heavy atom. The smallest absolute Gasteiger partial charge is 0.229 e. The second-order valence-corrected chi connectivity index (χ2v) is 4.17. The largest absolute Gasteiger partial charge is 0.355 e. The van der Waals surface area contributed by atoms with Gasteiger partial charge in [-0.15, -0.1) is 0 Å². The van der Waals surface area contributed by atoms with Crippen molar-refractivity contribution in [2.45, 2.75) is 25.7 Å². The summed E-state index contributed by atoms with van der Waals surface area (Å²) in [6.45, 7) is 4.05. The summed E-state index contributed by atoms with van der Waals surface area (Å²) >= 11 is 0. The summed E-state index contributed by atoms with van der Waals surface area (Å²) in [6, 6.07) is 0. The Kier molecular flexibility index (Phi) is 5.71. The number of hydrogen-bond acceptors (Lipinski definition) is 5. The van der Waals surface area contributed by atoms with E-state index in [0.29, 0.717) is 13.1 Å². The molecule has 0 aliphatic heterocycles. The summed E-state index contributed by atoms with van der Waals surface area (Å²) in [7, 11) is 4.89. The van der Waals surface area contributed by atoms with Crippen molar-refractivity contribution in [1.82, 2.24) is 4.90 Å². The molecular formula is C9H20N2O4. The molecule has 90 valence electrons. The molecule has 0 heterocycles. The minimum Gasteiger partial charge on any atom is -0.355 e. The Bertz CT molecular complexity index is 204. The zero-order valence-corrected chi connectivity index (χ0v) is 10.0. The van der Waals surface area contributed by atoms with E-state index < -0.39 is 5.54 Å². The molecule has 0 aliphatic carbocycles. The number of rotatable bonds is 7. The molecular weight excluding hydrogens is 200 g/mol. The van der Waals surface area contributed by atoms with E-state index in [1.807, 2.05) is 4.90 Å². The van der Waals surface area contributed by atoms with Gasteiger partial charge in [0.2, 0.25) is 5.54 Å². The van der Waals surface area contributed by atoms with E-state index in [4.69, 9.17) is 9.47 Å². The maximum Gasteiger partial charge on any atom is 0.229 e. The predicted molar refractivity (Wildman–Crippen MR) is 56.4 cm³/mol. The molecule has 0 aliphatic rings. The Balaban J connectivity index is 4.13. The van der Waals surface area contributed by atoms with Crippen molar-refractivity contribution in [3.8, 4) is 0 Å². The molecule has 0 radical (unpaired) electrons. The fraction of sp³-hybridized carbons (Fsp3) is 1.00. The number of nitro groups is 1. The van der Waals surface area contributed by atoms with Crippen molar-refractivity contribution in [3.05, 3.63) is 10.1 Å². The monoisotopic (exact) mass is 220 g/mol. The number of ether oxygens (including phenoxy) is 2. The van der Waals surface area contributed by atoms with Crippen LogP contribution in [0.25, 0.3) is 0 Å². The number of nitrogens with zero attached hydrogens (tertiary/aromatic N) is 2. The molecule has 0 aromatic carbocycles. The van der Waals surface area contributed by atoms with Crippen molar-refractivity contribution >= 4 is 0 Å². The molecule has 0 fully saturated rings. The highest BCUT2D eigenvalue weighted by Crippen LogP contribution is 2.09. The van der Waals surface area contributed by atoms with Crippen LogP contribution in [0.3, 0.4) is 0 Å². The number of methoxy groups -OCH3 is 2. The van der Waals surface area contributed by atoms with E-state index in [9.17, 15) is 10.1 Å². The van der Waals surface area contributed by atoms with Crippen LogP contribution in [0.15, 0.2) is 0 Å². The Hall–Kier alpha value is -0.720. The van der Waals surface area contributed by atoms with E-state index in [1.165, 1.54) is 0 Å². The predicted octanol–water partition coefficient (Wildman–Crippen LogP) is 0.592. The molecule has 0 aromatic rings. The third kappa shape index (κ3) is 5.06. The first-order valence-electron chi connectivity index (χ1n) is 4.72. The third-order valence-corrected chi connectivity index (χ3v) is 2.14. The molecule has 0 atom stereocenters. The summed E-state index contributed by atoms with van der Waals surface area (Å²) in [5, 5.41) is 10.7. The van der Waals surface area contributed by atoms with Crippen LogP contribution >= 0.6 is 0 Å². The van der Waals surface area contributed by atoms with Gasteiger partial charge in [0.25, 0.3) is 0 Å². The average Bonchev–Trinajstić information content (AvgIpc) is 2.13. The number of hydrogen-bond donors (Lipinski definition) is 0. The Labute approximate surface area is 90.3 Å². The molecule has 0 saturated carbocycles. The highest BCUT2D eigenvalue weighted by Gasteiger charge is 2.32. The second-order valence-electron chi connectivity index (χ2n) is 4.17. The molecule has 0 amide bonds. The molecule has 6 nitrogen and oxygen atoms in total. The van der Waals surface area contributed by atoms with Gasteiger partial charge in [0.05, 0.1) is 6.54 Å². The zero-order chi connectivity index (χ0) is 12.1. The van der Waals surface area contributed by atoms with Crippen LogP contribution in [0.4, 0.5) is 0 Å². The van der Waals surface area contributed by atoms with Crippen molar-refractivity contribution in [1.29, 1.82) is 0 Å². The maximum atomic E-state index is 10.7. The lowest BCUT2D eigenvalue weighted by molar-refractivity contribution is -0.560. The van der Waals surface area contributed by atoms with Gasteiger partial charge in [-0.2, -0.15) is 0 Å². The van der Waals surface area contributed by atoms with Crippen LogP contribution < -0.4 is 0 Å². The van der Waals surface area contributed by atoms with Crippen LogP contribution in [-0.4, -0.2) is 56.0 Å². The minimum absolute atomic E-state index is 0.280. The molecule has 0 aromatic heterocycles. The summed E-state index contributed by atoms with van der Waals surface area (Å²) in [5.74, 6) is 0. The van der Waals surface area contributed by atoms with E-state index in [2.05, 4.69) is 0 Å². The van der Waals surface area contributed by atoms with Gasteiger partial charge in [0, 0.05) is 39.5 Å². The van der Waals surface area contributed by atoms with E-state index in [1.54, 1.807) is 35.1 Å². The fourth-order valence-corrected chi connectivity index (χ4v) is 1.28. The Morgan fingerprint density at radius 1 is 1.40 bits per heavy atom. The average molecular weight is 220 g/mol. The SMILES string of the molecule is COC(CN(C)CC(C)(C)[N+](=O)[O-])OC. The van der Waals surface area contributed by atoms with Gasteiger partial charge >= 0.3 is 0 Å². The quantitative estimate of drug-likeness (QED) is 0.357. The van der Waals surface area contributed by atoms with E-state index >= 15 is 0 Å². The molecule has 6 heteroatoms. The molecule has 0 saturated heterocycles. The summed E-state index contributed by atoms with van der Waals surface area (Å²) in [4.78, 5) is 12.2. The van der Waals surface area contributed by atoms with Gasteiger partial charge in [-0.3, -0.25) is 15.0 Å². The normalized spacial score (nSPS) is 12.5. The summed E-state index contributed by atoms with van der Waals surface area (Å²) in [5.41, 5.74) is -0.958. The molecule has 0 bridgehead atoms. The molecule has 15 heavy (non-hydrogen) atoms. The van der Waals surface area contributed by atoms with Gasteiger partial charge in [-0.05, 0) is 7.05 Å². The van der Waals surface area contributed by atoms with Gasteiger partial charge in [0.1, 0.15) is 0 Å². The maximum absolute atomic E-state index is 10.7. The van der Waals surface area contributed by atoms with Crippen molar-refractivity contribution < 1.29 is 14.4 Å². The van der Waals surface area contributed by atoms with Gasteiger partial charge in [-0.25, -0.2) is 0 Å². The van der Waals surface area contributed by atoms with Gasteiger partial charge in [-0.1, -0.05) is 0 Å². The molecule has 0 N–H and O–H groups in total. The van der Waals surface area contributed by atoms with Crippen molar-refractivity contribution in [2.24, 2.45) is 0 Å². The Morgan fingerprint density at radius 3 is 2.20 bits per heavy atom. The molecule has 0 rings (SSSR count). The summed E-state index contributed by atoms with van der Waals surface area (Å²) < 4.78 is 10.0. The van der Waals surface area contributed by atoms with Gasteiger partial charge < -0.3 is 9.47 Å². The lowest BCUT2D eigenvalue weighted by atomic mass is 10.1. The van der Waals surface area contributed by atoms with Crippen LogP contribution in [0.2, 0.25) is 0 Å². The second kappa shape index (κ2) is 5.99. The van der Waals surface area contributed by atoms with Crippen LogP contribution in [0, 0.1) is 10.1 Å². The lowest BCUT2D eigenvalue weighted by Gasteiger charge is -2.26. The van der Waals surface area contributed by atoms with Crippen molar-refractivity contribution in [3.63, 3.8) is 0 Å². The highest BCUT2D eigenvalue weighted by atomic mass is 16.7. The fourth-order valence-electron chi connectivity index (χ4n) is 1.28. The zero-order valence-electron chi connectivity index (χ0n) is 10.0. The first kappa shape index (κ1) is 14.3. The van der Waals surface area contributed by atoms with Crippen LogP contribution in [0.1, 0.15) is 13.8 Å².